The van der Waals surface area contributed by atoms with Gasteiger partial charge in [0.15, 0.2) is 0 Å². The minimum Gasteiger partial charge on any atom is -0.497 e. The molecule has 0 saturated carbocycles. The summed E-state index contributed by atoms with van der Waals surface area (Å²) in [6.07, 6.45) is 0. The second-order valence-corrected chi connectivity index (χ2v) is 4.30. The molecule has 1 aromatic carbocycles. The van der Waals surface area contributed by atoms with Crippen LogP contribution in [0.4, 0.5) is 5.69 Å². The minimum absolute atomic E-state index is 0.234. The van der Waals surface area contributed by atoms with Gasteiger partial charge in [-0.1, -0.05) is 13.8 Å². The molecule has 1 atom stereocenters. The van der Waals surface area contributed by atoms with Gasteiger partial charge in [0.25, 0.3) is 0 Å². The minimum atomic E-state index is 0.234. The third-order valence-electron chi connectivity index (χ3n) is 2.81. The van der Waals surface area contributed by atoms with Gasteiger partial charge in [0.05, 0.1) is 19.9 Å². The van der Waals surface area contributed by atoms with Gasteiger partial charge in [0.1, 0.15) is 11.5 Å². The number of nitrogens with one attached hydrogen (secondary N) is 1. The summed E-state index contributed by atoms with van der Waals surface area (Å²) >= 11 is 0. The molecule has 0 amide bonds. The van der Waals surface area contributed by atoms with Crippen LogP contribution < -0.4 is 20.5 Å². The highest BCUT2D eigenvalue weighted by Gasteiger charge is 2.13. The van der Waals surface area contributed by atoms with E-state index in [1.165, 1.54) is 0 Å². The first-order valence-electron chi connectivity index (χ1n) is 5.81. The zero-order chi connectivity index (χ0) is 12.8. The lowest BCUT2D eigenvalue weighted by Crippen LogP contribution is -2.33. The smallest absolute Gasteiger partial charge is 0.145 e. The van der Waals surface area contributed by atoms with Crippen LogP contribution in [0.3, 0.4) is 0 Å². The Bertz CT molecular complexity index is 353. The highest BCUT2D eigenvalue weighted by atomic mass is 16.5. The molecule has 1 unspecified atom stereocenters. The second-order valence-electron chi connectivity index (χ2n) is 4.30. The molecule has 0 aliphatic rings. The normalized spacial score (nSPS) is 12.4. The van der Waals surface area contributed by atoms with Crippen LogP contribution in [0.2, 0.25) is 0 Å². The molecule has 17 heavy (non-hydrogen) atoms. The topological polar surface area (TPSA) is 56.5 Å². The van der Waals surface area contributed by atoms with Crippen molar-refractivity contribution < 1.29 is 9.47 Å². The molecular formula is C13H22N2O2. The van der Waals surface area contributed by atoms with Crippen LogP contribution in [0.15, 0.2) is 18.2 Å². The van der Waals surface area contributed by atoms with E-state index in [1.54, 1.807) is 14.2 Å². The fourth-order valence-electron chi connectivity index (χ4n) is 1.62. The van der Waals surface area contributed by atoms with Crippen molar-refractivity contribution in [1.82, 2.24) is 0 Å². The van der Waals surface area contributed by atoms with Crippen molar-refractivity contribution in [2.45, 2.75) is 19.9 Å². The van der Waals surface area contributed by atoms with Gasteiger partial charge in [-0.05, 0) is 18.1 Å². The average molecular weight is 238 g/mol. The predicted molar refractivity (Wildman–Crippen MR) is 70.8 cm³/mol. The molecular weight excluding hydrogens is 216 g/mol. The fraction of sp³-hybridized carbons (Fsp3) is 0.538. The maximum Gasteiger partial charge on any atom is 0.145 e. The summed E-state index contributed by atoms with van der Waals surface area (Å²) in [5.41, 5.74) is 6.68. The van der Waals surface area contributed by atoms with Crippen molar-refractivity contribution in [3.8, 4) is 11.5 Å². The molecule has 0 heterocycles. The highest BCUT2D eigenvalue weighted by Crippen LogP contribution is 2.30. The third-order valence-corrected chi connectivity index (χ3v) is 2.81. The van der Waals surface area contributed by atoms with Crippen molar-refractivity contribution in [2.24, 2.45) is 11.7 Å². The van der Waals surface area contributed by atoms with Gasteiger partial charge in [0.2, 0.25) is 0 Å². The Morgan fingerprint density at radius 3 is 2.41 bits per heavy atom. The summed E-state index contributed by atoms with van der Waals surface area (Å²) in [6, 6.07) is 5.94. The van der Waals surface area contributed by atoms with Gasteiger partial charge in [-0.2, -0.15) is 0 Å². The number of nitrogens with two attached hydrogens (primary N) is 1. The van der Waals surface area contributed by atoms with Crippen molar-refractivity contribution in [2.75, 3.05) is 26.1 Å². The van der Waals surface area contributed by atoms with E-state index in [0.717, 1.165) is 17.2 Å². The first-order valence-corrected chi connectivity index (χ1v) is 5.81. The second kappa shape index (κ2) is 6.35. The predicted octanol–water partition coefficient (Wildman–Crippen LogP) is 2.10. The van der Waals surface area contributed by atoms with E-state index in [-0.39, 0.29) is 6.04 Å². The largest absolute Gasteiger partial charge is 0.497 e. The molecule has 0 radical (unpaired) electrons. The van der Waals surface area contributed by atoms with Crippen LogP contribution in [0.1, 0.15) is 13.8 Å². The Morgan fingerprint density at radius 1 is 1.24 bits per heavy atom. The summed E-state index contributed by atoms with van der Waals surface area (Å²) < 4.78 is 10.5. The molecule has 0 spiro atoms. The molecule has 4 heteroatoms. The van der Waals surface area contributed by atoms with E-state index in [4.69, 9.17) is 15.2 Å². The van der Waals surface area contributed by atoms with E-state index in [0.29, 0.717) is 12.5 Å². The molecule has 0 aromatic heterocycles. The Kier molecular flexibility index (Phi) is 5.10. The molecule has 4 nitrogen and oxygen atoms in total. The number of methoxy groups -OCH3 is 2. The Balaban J connectivity index is 2.89. The number of anilines is 1. The number of ether oxygens (including phenoxy) is 2. The summed E-state index contributed by atoms with van der Waals surface area (Å²) in [5, 5.41) is 3.39. The molecule has 0 fully saturated rings. The number of benzene rings is 1. The van der Waals surface area contributed by atoms with Gasteiger partial charge < -0.3 is 20.5 Å². The average Bonchev–Trinajstić information content (AvgIpc) is 2.35. The molecule has 1 rings (SSSR count). The van der Waals surface area contributed by atoms with Crippen LogP contribution in [0, 0.1) is 5.92 Å². The number of hydrogen-bond donors (Lipinski definition) is 2. The molecule has 3 N–H and O–H groups in total. The lowest BCUT2D eigenvalue weighted by molar-refractivity contribution is 0.394. The van der Waals surface area contributed by atoms with E-state index in [1.807, 2.05) is 18.2 Å². The Labute approximate surface area is 103 Å². The monoisotopic (exact) mass is 238 g/mol. The van der Waals surface area contributed by atoms with Gasteiger partial charge in [-0.15, -0.1) is 0 Å². The molecule has 0 bridgehead atoms. The lowest BCUT2D eigenvalue weighted by atomic mass is 10.0. The van der Waals surface area contributed by atoms with Crippen LogP contribution in [-0.4, -0.2) is 26.8 Å². The molecule has 1 aromatic rings. The standard InChI is InChI=1S/C13H22N2O2/c1-9(2)12(8-14)15-11-6-5-10(16-3)7-13(11)17-4/h5-7,9,12,15H,8,14H2,1-4H3. The summed E-state index contributed by atoms with van der Waals surface area (Å²) in [4.78, 5) is 0. The zero-order valence-corrected chi connectivity index (χ0v) is 11.0. The quantitative estimate of drug-likeness (QED) is 0.797. The van der Waals surface area contributed by atoms with Crippen molar-refractivity contribution in [3.63, 3.8) is 0 Å². The van der Waals surface area contributed by atoms with Gasteiger partial charge in [-0.3, -0.25) is 0 Å². The number of rotatable bonds is 6. The van der Waals surface area contributed by atoms with Crippen molar-refractivity contribution in [1.29, 1.82) is 0 Å². The van der Waals surface area contributed by atoms with Crippen LogP contribution in [0.5, 0.6) is 11.5 Å². The van der Waals surface area contributed by atoms with Crippen molar-refractivity contribution in [3.05, 3.63) is 18.2 Å². The van der Waals surface area contributed by atoms with E-state index in [9.17, 15) is 0 Å². The van der Waals surface area contributed by atoms with Crippen molar-refractivity contribution >= 4 is 5.69 Å². The summed E-state index contributed by atoms with van der Waals surface area (Å²) in [6.45, 7) is 4.87. The Hall–Kier alpha value is -1.42. The maximum atomic E-state index is 5.74. The molecule has 0 aliphatic heterocycles. The summed E-state index contributed by atoms with van der Waals surface area (Å²) in [7, 11) is 3.28. The zero-order valence-electron chi connectivity index (χ0n) is 11.0. The molecule has 96 valence electrons. The van der Waals surface area contributed by atoms with Crippen LogP contribution in [-0.2, 0) is 0 Å². The first kappa shape index (κ1) is 13.6. The molecule has 0 saturated heterocycles. The maximum absolute atomic E-state index is 5.74. The van der Waals surface area contributed by atoms with E-state index >= 15 is 0 Å². The van der Waals surface area contributed by atoms with Crippen LogP contribution >= 0.6 is 0 Å². The lowest BCUT2D eigenvalue weighted by Gasteiger charge is -2.23. The van der Waals surface area contributed by atoms with E-state index < -0.39 is 0 Å². The summed E-state index contributed by atoms with van der Waals surface area (Å²) in [5.74, 6) is 2.01. The number of hydrogen-bond acceptors (Lipinski definition) is 4. The third kappa shape index (κ3) is 3.53. The molecule has 0 aliphatic carbocycles. The highest BCUT2D eigenvalue weighted by molar-refractivity contribution is 5.59. The van der Waals surface area contributed by atoms with E-state index in [2.05, 4.69) is 19.2 Å². The Morgan fingerprint density at radius 2 is 1.94 bits per heavy atom. The van der Waals surface area contributed by atoms with Gasteiger partial charge in [-0.25, -0.2) is 0 Å². The van der Waals surface area contributed by atoms with Crippen LogP contribution in [0.25, 0.3) is 0 Å². The van der Waals surface area contributed by atoms with Gasteiger partial charge >= 0.3 is 0 Å². The first-order chi connectivity index (χ1) is 8.12. The van der Waals surface area contributed by atoms with Gasteiger partial charge in [0, 0.05) is 18.7 Å². The SMILES string of the molecule is COc1ccc(NC(CN)C(C)C)c(OC)c1. The fourth-order valence-corrected chi connectivity index (χ4v) is 1.62.